The number of esters is 1. The van der Waals surface area contributed by atoms with E-state index in [2.05, 4.69) is 49.8 Å². The maximum Gasteiger partial charge on any atom is 0.412 e. The Morgan fingerprint density at radius 1 is 1.23 bits per heavy atom. The Morgan fingerprint density at radius 3 is 2.52 bits per heavy atom. The summed E-state index contributed by atoms with van der Waals surface area (Å²) < 4.78 is 12.0. The summed E-state index contributed by atoms with van der Waals surface area (Å²) in [6, 6.07) is 10.8. The number of carbonyl (C=O) groups excluding carboxylic acids is 2. The molecule has 6 nitrogen and oxygen atoms in total. The number of anilines is 1. The van der Waals surface area contributed by atoms with E-state index in [1.54, 1.807) is 36.0 Å². The molecule has 2 aromatic carbocycles. The number of ether oxygens (including phenoxy) is 2. The molecule has 2 aromatic rings. The lowest BCUT2D eigenvalue weighted by Gasteiger charge is -2.26. The fraction of sp³-hybridized carbons (Fsp3) is 0.333. The van der Waals surface area contributed by atoms with Crippen molar-refractivity contribution in [2.45, 2.75) is 24.3 Å². The summed E-state index contributed by atoms with van der Waals surface area (Å²) in [5.41, 5.74) is 1.03. The predicted molar refractivity (Wildman–Crippen MR) is 133 cm³/mol. The summed E-state index contributed by atoms with van der Waals surface area (Å²) >= 11 is 12.2. The zero-order valence-electron chi connectivity index (χ0n) is 16.9. The van der Waals surface area contributed by atoms with Gasteiger partial charge in [0.05, 0.1) is 16.8 Å². The maximum absolute atomic E-state index is 12.6. The molecule has 2 atom stereocenters. The van der Waals surface area contributed by atoms with Crippen molar-refractivity contribution in [3.8, 4) is 5.75 Å². The summed E-state index contributed by atoms with van der Waals surface area (Å²) in [7, 11) is 0. The lowest BCUT2D eigenvalue weighted by Crippen LogP contribution is -2.23. The number of amides is 1. The van der Waals surface area contributed by atoms with Crippen LogP contribution in [-0.4, -0.2) is 35.8 Å². The molecule has 2 rings (SSSR count). The number of halogens is 2. The van der Waals surface area contributed by atoms with Gasteiger partial charge in [0, 0.05) is 26.5 Å². The quantitative estimate of drug-likeness (QED) is 0.177. The molecule has 0 spiro atoms. The van der Waals surface area contributed by atoms with Gasteiger partial charge in [-0.15, -0.1) is 11.8 Å². The molecule has 0 aromatic heterocycles. The van der Waals surface area contributed by atoms with Gasteiger partial charge in [0.1, 0.15) is 11.9 Å². The molecule has 0 bridgehead atoms. The monoisotopic (exact) mass is 591 g/mol. The van der Waals surface area contributed by atoms with Crippen molar-refractivity contribution in [1.82, 2.24) is 0 Å². The summed E-state index contributed by atoms with van der Waals surface area (Å²) in [6.07, 6.45) is 0.952. The number of hydrogen-bond acceptors (Lipinski definition) is 7. The van der Waals surface area contributed by atoms with Crippen LogP contribution in [0.1, 0.15) is 25.0 Å². The lowest BCUT2D eigenvalue weighted by molar-refractivity contribution is -0.141. The van der Waals surface area contributed by atoms with Crippen LogP contribution in [0.25, 0.3) is 0 Å². The fourth-order valence-electron chi connectivity index (χ4n) is 2.78. The minimum atomic E-state index is -0.783. The zero-order chi connectivity index (χ0) is 23.0. The zero-order valence-corrected chi connectivity index (χ0v) is 21.8. The average Bonchev–Trinajstić information content (AvgIpc) is 2.75. The minimum absolute atomic E-state index is 0.00852. The normalized spacial score (nSPS) is 12.7. The van der Waals surface area contributed by atoms with Crippen LogP contribution in [0.4, 0.5) is 10.5 Å². The second kappa shape index (κ2) is 12.6. The Balaban J connectivity index is 2.20. The largest absolute Gasteiger partial charge is 0.506 e. The van der Waals surface area contributed by atoms with Gasteiger partial charge in [0.25, 0.3) is 0 Å². The molecule has 0 saturated heterocycles. The number of carbonyl (C=O) groups is 2. The molecule has 0 aliphatic heterocycles. The number of rotatable bonds is 9. The number of phenolic OH excluding ortho intramolecular Hbond substituents is 1. The average molecular weight is 593 g/mol. The Morgan fingerprint density at radius 2 is 1.90 bits per heavy atom. The van der Waals surface area contributed by atoms with Gasteiger partial charge < -0.3 is 14.6 Å². The van der Waals surface area contributed by atoms with Crippen molar-refractivity contribution in [1.29, 1.82) is 0 Å². The lowest BCUT2D eigenvalue weighted by atomic mass is 9.94. The third-order valence-corrected chi connectivity index (χ3v) is 6.48. The van der Waals surface area contributed by atoms with Crippen molar-refractivity contribution >= 4 is 74.0 Å². The first-order valence-corrected chi connectivity index (χ1v) is 12.8. The van der Waals surface area contributed by atoms with Gasteiger partial charge >= 0.3 is 12.1 Å². The van der Waals surface area contributed by atoms with Gasteiger partial charge in [-0.3, -0.25) is 10.1 Å². The van der Waals surface area contributed by atoms with E-state index in [1.165, 1.54) is 0 Å². The molecule has 0 unspecified atom stereocenters. The van der Waals surface area contributed by atoms with Crippen molar-refractivity contribution in [2.24, 2.45) is 5.92 Å². The molecule has 31 heavy (non-hydrogen) atoms. The van der Waals surface area contributed by atoms with Crippen LogP contribution in [0, 0.1) is 5.92 Å². The van der Waals surface area contributed by atoms with Crippen LogP contribution in [0.15, 0.2) is 50.2 Å². The van der Waals surface area contributed by atoms with Crippen molar-refractivity contribution in [3.05, 3.63) is 50.9 Å². The van der Waals surface area contributed by atoms with Gasteiger partial charge in [-0.1, -0.05) is 22.9 Å². The Kier molecular flexibility index (Phi) is 10.5. The number of hydrogen-bond donors (Lipinski definition) is 3. The van der Waals surface area contributed by atoms with Crippen LogP contribution < -0.4 is 5.32 Å². The first-order valence-electron chi connectivity index (χ1n) is 9.31. The number of phenols is 1. The maximum atomic E-state index is 12.6. The van der Waals surface area contributed by atoms with E-state index >= 15 is 0 Å². The van der Waals surface area contributed by atoms with Crippen LogP contribution in [-0.2, 0) is 14.3 Å². The van der Waals surface area contributed by atoms with Gasteiger partial charge in [0.15, 0.2) is 0 Å². The highest BCUT2D eigenvalue weighted by Crippen LogP contribution is 2.40. The Hall–Kier alpha value is -1.36. The highest BCUT2D eigenvalue weighted by Gasteiger charge is 2.28. The third-order valence-electron chi connectivity index (χ3n) is 4.42. The summed E-state index contributed by atoms with van der Waals surface area (Å²) in [4.78, 5) is 25.1. The van der Waals surface area contributed by atoms with E-state index in [0.717, 1.165) is 4.90 Å². The second-order valence-corrected chi connectivity index (χ2v) is 9.62. The van der Waals surface area contributed by atoms with E-state index in [9.17, 15) is 14.7 Å². The van der Waals surface area contributed by atoms with Gasteiger partial charge in [-0.2, -0.15) is 12.6 Å². The number of aromatic hydroxyl groups is 1. The number of thioether (sulfide) groups is 1. The van der Waals surface area contributed by atoms with E-state index in [4.69, 9.17) is 9.47 Å². The minimum Gasteiger partial charge on any atom is -0.506 e. The van der Waals surface area contributed by atoms with Crippen molar-refractivity contribution < 1.29 is 24.2 Å². The molecule has 1 amide bonds. The topological polar surface area (TPSA) is 84.9 Å². The van der Waals surface area contributed by atoms with E-state index < -0.39 is 18.2 Å². The Bertz CT molecular complexity index is 911. The number of benzene rings is 2. The molecule has 0 heterocycles. The molecule has 10 heteroatoms. The molecule has 0 aliphatic carbocycles. The summed E-state index contributed by atoms with van der Waals surface area (Å²) in [5, 5.41) is 13.3. The molecule has 0 fully saturated rings. The molecule has 2 N–H and O–H groups in total. The van der Waals surface area contributed by atoms with Gasteiger partial charge in [-0.05, 0) is 65.0 Å². The van der Waals surface area contributed by atoms with E-state index in [1.807, 2.05) is 25.3 Å². The van der Waals surface area contributed by atoms with Crippen molar-refractivity contribution in [3.63, 3.8) is 0 Å². The van der Waals surface area contributed by atoms with Crippen LogP contribution in [0.3, 0.4) is 0 Å². The third kappa shape index (κ3) is 7.93. The molecule has 0 saturated carbocycles. The molecular weight excluding hydrogens is 570 g/mol. The standard InChI is InChI=1S/C21H23Br2NO5S2/c1-12(7-8-28-18(25)11-30)20(16-9-13(22)10-17(23)19(16)26)29-21(27)24-14-3-5-15(31-2)6-4-14/h3-6,9-10,12,20,26,30H,7-8,11H2,1-2H3,(H,24,27)/t12-,20-/m0/s1. The van der Waals surface area contributed by atoms with Gasteiger partial charge in [0.2, 0.25) is 0 Å². The first kappa shape index (κ1) is 25.9. The highest BCUT2D eigenvalue weighted by molar-refractivity contribution is 9.11. The second-order valence-electron chi connectivity index (χ2n) is 6.65. The fourth-order valence-corrected chi connectivity index (χ4v) is 4.54. The highest BCUT2D eigenvalue weighted by atomic mass is 79.9. The van der Waals surface area contributed by atoms with Gasteiger partial charge in [-0.25, -0.2) is 4.79 Å². The Labute approximate surface area is 208 Å². The SMILES string of the molecule is CSc1ccc(NC(=O)O[C@H](c2cc(Br)cc(Br)c2O)[C@@H](C)CCOC(=O)CS)cc1. The summed E-state index contributed by atoms with van der Waals surface area (Å²) in [6.45, 7) is 2.00. The number of nitrogens with one attached hydrogen (secondary N) is 1. The van der Waals surface area contributed by atoms with Crippen molar-refractivity contribution in [2.75, 3.05) is 23.9 Å². The summed E-state index contributed by atoms with van der Waals surface area (Å²) in [5.74, 6) is -0.716. The molecule has 0 aliphatic rings. The van der Waals surface area contributed by atoms with Crippen LogP contribution >= 0.6 is 56.3 Å². The molecule has 0 radical (unpaired) electrons. The smallest absolute Gasteiger partial charge is 0.412 e. The van der Waals surface area contributed by atoms with E-state index in [-0.39, 0.29) is 24.0 Å². The number of thiol groups is 1. The predicted octanol–water partition coefficient (Wildman–Crippen LogP) is 6.43. The molecular formula is C21H23Br2NO5S2. The first-order chi connectivity index (χ1) is 14.7. The van der Waals surface area contributed by atoms with Crippen LogP contribution in [0.5, 0.6) is 5.75 Å². The molecule has 168 valence electrons. The van der Waals surface area contributed by atoms with E-state index in [0.29, 0.717) is 26.6 Å². The van der Waals surface area contributed by atoms with Crippen LogP contribution in [0.2, 0.25) is 0 Å².